The second-order valence-electron chi connectivity index (χ2n) is 26.5. The summed E-state index contributed by atoms with van der Waals surface area (Å²) in [4.78, 5) is 4.94. The Morgan fingerprint density at radius 1 is 0.190 bits per heavy atom. The van der Waals surface area contributed by atoms with Crippen LogP contribution in [0.4, 0.5) is 0 Å². The number of rotatable bonds is 20. The topological polar surface area (TPSA) is 0 Å². The fourth-order valence-electron chi connectivity index (χ4n) is 15.1. The maximum atomic E-state index is 2.51. The fourth-order valence-corrected chi connectivity index (χ4v) is 30.1. The third-order valence-electron chi connectivity index (χ3n) is 20.6. The van der Waals surface area contributed by atoms with E-state index in [9.17, 15) is 0 Å². The molecule has 0 bridgehead atoms. The monoisotopic (exact) mass is 1520 g/mol. The van der Waals surface area contributed by atoms with E-state index in [2.05, 4.69) is 413 Å². The summed E-state index contributed by atoms with van der Waals surface area (Å²) in [6.45, 7) is 0. The predicted molar refractivity (Wildman–Crippen MR) is 467 cm³/mol. The molecule has 0 N–H and O–H groups in total. The number of hydrogen-bond acceptors (Lipinski definition) is 4. The number of thioether (sulfide) groups is 4. The zero-order chi connectivity index (χ0) is 71.1. The van der Waals surface area contributed by atoms with Gasteiger partial charge in [0, 0.05) is 0 Å². The summed E-state index contributed by atoms with van der Waals surface area (Å²) >= 11 is 2.37. The van der Waals surface area contributed by atoms with E-state index >= 15 is 0 Å². The molecule has 0 heterocycles. The molecule has 0 fully saturated rings. The van der Waals surface area contributed by atoms with Gasteiger partial charge in [-0.1, -0.05) is 0 Å². The molecule has 16 rings (SSSR count). The molecule has 0 saturated heterocycles. The van der Waals surface area contributed by atoms with E-state index in [1.165, 1.54) is 144 Å². The Bertz CT molecular complexity index is 5170. The van der Waals surface area contributed by atoms with Gasteiger partial charge in [-0.15, -0.1) is 0 Å². The van der Waals surface area contributed by atoms with Gasteiger partial charge < -0.3 is 0 Å². The minimum atomic E-state index is -4.72. The van der Waals surface area contributed by atoms with Crippen molar-refractivity contribution < 1.29 is 0 Å². The van der Waals surface area contributed by atoms with Crippen molar-refractivity contribution >= 4 is 169 Å². The molecule has 105 heavy (non-hydrogen) atoms. The first kappa shape index (κ1) is 69.1. The Morgan fingerprint density at radius 2 is 0.362 bits per heavy atom. The molecule has 5 heteroatoms. The van der Waals surface area contributed by atoms with Gasteiger partial charge in [0.05, 0.1) is 0 Å². The zero-order valence-electron chi connectivity index (χ0n) is 59.1. The molecule has 0 atom stereocenters. The van der Waals surface area contributed by atoms with Crippen LogP contribution in [0, 0.1) is 0 Å². The predicted octanol–water partition coefficient (Wildman–Crippen LogP) is 24.9. The van der Waals surface area contributed by atoms with E-state index in [0.29, 0.717) is 0 Å². The van der Waals surface area contributed by atoms with Crippen LogP contribution in [0.1, 0.15) is 66.8 Å². The van der Waals surface area contributed by atoms with Crippen LogP contribution >= 0.6 is 47.0 Å². The van der Waals surface area contributed by atoms with Gasteiger partial charge in [-0.25, -0.2) is 0 Å². The Hall–Kier alpha value is -10.3. The summed E-state index contributed by atoms with van der Waals surface area (Å²) in [5.74, 6) is 0. The first-order chi connectivity index (χ1) is 51.8. The van der Waals surface area contributed by atoms with Crippen molar-refractivity contribution in [3.05, 3.63) is 431 Å². The molecule has 0 unspecified atom stereocenters. The van der Waals surface area contributed by atoms with E-state index in [4.69, 9.17) is 0 Å². The summed E-state index contributed by atoms with van der Waals surface area (Å²) in [6, 6.07) is 138. The Labute approximate surface area is 639 Å². The van der Waals surface area contributed by atoms with Crippen molar-refractivity contribution in [2.45, 2.75) is 19.6 Å². The van der Waals surface area contributed by atoms with Gasteiger partial charge in [0.15, 0.2) is 0 Å². The second kappa shape index (κ2) is 31.6. The average molecular weight is 1520 g/mol. The van der Waals surface area contributed by atoms with Gasteiger partial charge in [-0.3, -0.25) is 0 Å². The van der Waals surface area contributed by atoms with Crippen molar-refractivity contribution in [1.82, 2.24) is 0 Å². The van der Waals surface area contributed by atoms with Crippen LogP contribution < -0.4 is 14.3 Å². The maximum absolute atomic E-state index is 4.72. The summed E-state index contributed by atoms with van der Waals surface area (Å²) < 4.78 is 5.39. The summed E-state index contributed by atoms with van der Waals surface area (Å²) in [7, 11) is 0. The van der Waals surface area contributed by atoms with Gasteiger partial charge in [0.25, 0.3) is 0 Å². The van der Waals surface area contributed by atoms with Crippen molar-refractivity contribution in [1.29, 1.82) is 0 Å². The molecule has 0 saturated carbocycles. The second-order valence-corrected chi connectivity index (χ2v) is 40.9. The first-order valence-corrected chi connectivity index (χ1v) is 46.2. The van der Waals surface area contributed by atoms with Gasteiger partial charge in [0.1, 0.15) is 0 Å². The van der Waals surface area contributed by atoms with Gasteiger partial charge in [-0.2, -0.15) is 0 Å². The van der Waals surface area contributed by atoms with Crippen LogP contribution in [0.15, 0.2) is 384 Å². The molecule has 16 aromatic carbocycles. The summed E-state index contributed by atoms with van der Waals surface area (Å²) in [6.07, 6.45) is 18.2. The summed E-state index contributed by atoms with van der Waals surface area (Å²) in [5, 5.41) is 9.80. The standard InChI is InChI=1S/4C25H19S.Sn/c4*1-26-23-16-14-21(15-17-23)25(20-8-3-2-4-9-20)18-22-12-7-11-19-10-5-6-13-24(19)22;/h4*3-18H,1H3;. The minimum absolute atomic E-state index is 1.16. The van der Waals surface area contributed by atoms with E-state index in [-0.39, 0.29) is 0 Å². The number of fused-ring (bicyclic) bond motifs is 4. The molecule has 0 amide bonds. The third kappa shape index (κ3) is 14.4. The normalized spacial score (nSPS) is 12.8. The molecular weight excluding hydrogens is 1450 g/mol. The van der Waals surface area contributed by atoms with E-state index < -0.39 is 18.4 Å². The zero-order valence-corrected chi connectivity index (χ0v) is 65.2. The third-order valence-corrected chi connectivity index (χ3v) is 37.3. The first-order valence-electron chi connectivity index (χ1n) is 35.6. The van der Waals surface area contributed by atoms with E-state index in [1.807, 2.05) is 0 Å². The van der Waals surface area contributed by atoms with Crippen LogP contribution in [-0.4, -0.2) is 43.4 Å². The summed E-state index contributed by atoms with van der Waals surface area (Å²) in [5.41, 5.74) is 18.8. The van der Waals surface area contributed by atoms with Crippen molar-refractivity contribution in [3.63, 3.8) is 0 Å². The van der Waals surface area contributed by atoms with E-state index in [1.54, 1.807) is 47.0 Å². The molecule has 0 radical (unpaired) electrons. The Kier molecular flexibility index (Phi) is 20.8. The van der Waals surface area contributed by atoms with Gasteiger partial charge in [0.2, 0.25) is 0 Å². The average Bonchev–Trinajstić information content (AvgIpc) is 0.725. The van der Waals surface area contributed by atoms with Crippen LogP contribution in [0.25, 0.3) is 89.7 Å². The quantitative estimate of drug-likeness (QED) is 0.0423. The molecule has 0 spiro atoms. The van der Waals surface area contributed by atoms with Crippen molar-refractivity contribution in [2.24, 2.45) is 0 Å². The Morgan fingerprint density at radius 3 is 0.552 bits per heavy atom. The van der Waals surface area contributed by atoms with Crippen LogP contribution in [-0.2, 0) is 0 Å². The van der Waals surface area contributed by atoms with E-state index in [0.717, 1.165) is 22.3 Å². The Balaban J connectivity index is 0.945. The number of benzene rings is 16. The molecule has 0 aliphatic heterocycles. The van der Waals surface area contributed by atoms with Crippen LogP contribution in [0.2, 0.25) is 0 Å². The SMILES string of the molecule is CSc1ccc(C(=Cc2cccc3ccccc23)c2cc[c]([Sn]([c]3ccc(C(=Cc4cccc5ccccc45)c4ccc(SC)cc4)cc3)([c]3ccc(C(=Cc4cccc5ccccc45)c4ccc(SC)cc4)cc3)[c]3ccc(C(=Cc4cccc5ccccc45)c4ccc(SC)cc4)cc3)cc2)cc1. The molecule has 0 aliphatic rings. The van der Waals surface area contributed by atoms with Crippen molar-refractivity contribution in [3.8, 4) is 0 Å². The molecule has 16 aromatic rings. The van der Waals surface area contributed by atoms with Gasteiger partial charge in [-0.05, 0) is 0 Å². The molecular formula is C100H76S4Sn. The molecule has 504 valence electrons. The molecule has 0 nitrogen and oxygen atoms in total. The van der Waals surface area contributed by atoms with Crippen molar-refractivity contribution in [2.75, 3.05) is 25.0 Å². The number of hydrogen-bond donors (Lipinski definition) is 0. The molecule has 0 aliphatic carbocycles. The van der Waals surface area contributed by atoms with Crippen LogP contribution in [0.5, 0.6) is 0 Å². The van der Waals surface area contributed by atoms with Gasteiger partial charge >= 0.3 is 645 Å². The van der Waals surface area contributed by atoms with Crippen LogP contribution in [0.3, 0.4) is 0 Å². The molecule has 0 aromatic heterocycles. The fraction of sp³-hybridized carbons (Fsp3) is 0.0400.